The third-order valence-electron chi connectivity index (χ3n) is 2.49. The molecule has 1 aromatic heterocycles. The average molecular weight is 229 g/mol. The van der Waals surface area contributed by atoms with Crippen LogP contribution in [0.15, 0.2) is 23.0 Å². The molecule has 0 amide bonds. The quantitative estimate of drug-likeness (QED) is 0.593. The molecule has 2 aromatic rings. The van der Waals surface area contributed by atoms with E-state index in [1.165, 1.54) is 18.2 Å². The van der Waals surface area contributed by atoms with E-state index in [1.807, 2.05) is 0 Å². The molecule has 0 spiro atoms. The SMILES string of the molecule is Cc1[nH]c2ccc([N+](=O)[O-])cc2c(=O)c1C#N. The molecular weight excluding hydrogens is 222 g/mol. The lowest BCUT2D eigenvalue weighted by atomic mass is 10.1. The zero-order valence-electron chi connectivity index (χ0n) is 8.85. The Morgan fingerprint density at radius 3 is 2.76 bits per heavy atom. The number of H-pyrrole nitrogens is 1. The molecule has 0 saturated carbocycles. The fraction of sp³-hybridized carbons (Fsp3) is 0.0909. The van der Waals surface area contributed by atoms with Crippen molar-refractivity contribution < 1.29 is 4.92 Å². The van der Waals surface area contributed by atoms with Crippen molar-refractivity contribution in [2.45, 2.75) is 6.92 Å². The van der Waals surface area contributed by atoms with Crippen molar-refractivity contribution in [3.63, 3.8) is 0 Å². The summed E-state index contributed by atoms with van der Waals surface area (Å²) in [5, 5.41) is 19.6. The highest BCUT2D eigenvalue weighted by molar-refractivity contribution is 5.82. The van der Waals surface area contributed by atoms with Gasteiger partial charge in [0.05, 0.1) is 15.8 Å². The van der Waals surface area contributed by atoms with Crippen molar-refractivity contribution in [3.05, 3.63) is 49.8 Å². The molecule has 0 aliphatic rings. The van der Waals surface area contributed by atoms with Gasteiger partial charge in [0.15, 0.2) is 0 Å². The third-order valence-corrected chi connectivity index (χ3v) is 2.49. The van der Waals surface area contributed by atoms with Gasteiger partial charge in [0.25, 0.3) is 5.69 Å². The zero-order valence-corrected chi connectivity index (χ0v) is 8.85. The zero-order chi connectivity index (χ0) is 12.6. The van der Waals surface area contributed by atoms with Crippen LogP contribution < -0.4 is 5.43 Å². The number of aromatic amines is 1. The minimum atomic E-state index is -0.579. The highest BCUT2D eigenvalue weighted by Gasteiger charge is 2.12. The van der Waals surface area contributed by atoms with Gasteiger partial charge >= 0.3 is 0 Å². The van der Waals surface area contributed by atoms with Crippen molar-refractivity contribution in [2.75, 3.05) is 0 Å². The van der Waals surface area contributed by atoms with Gasteiger partial charge in [0.2, 0.25) is 5.43 Å². The lowest BCUT2D eigenvalue weighted by Crippen LogP contribution is -2.10. The number of nitro benzene ring substituents is 1. The fourth-order valence-electron chi connectivity index (χ4n) is 1.65. The van der Waals surface area contributed by atoms with Crippen LogP contribution in [-0.4, -0.2) is 9.91 Å². The molecule has 84 valence electrons. The van der Waals surface area contributed by atoms with Gasteiger partial charge in [-0.25, -0.2) is 0 Å². The molecule has 0 aliphatic carbocycles. The van der Waals surface area contributed by atoms with E-state index < -0.39 is 10.4 Å². The summed E-state index contributed by atoms with van der Waals surface area (Å²) in [6, 6.07) is 5.74. The van der Waals surface area contributed by atoms with Crippen LogP contribution in [0.3, 0.4) is 0 Å². The molecule has 0 atom stereocenters. The van der Waals surface area contributed by atoms with Crippen LogP contribution in [0.5, 0.6) is 0 Å². The van der Waals surface area contributed by atoms with E-state index in [4.69, 9.17) is 5.26 Å². The maximum Gasteiger partial charge on any atom is 0.270 e. The maximum absolute atomic E-state index is 11.9. The second kappa shape index (κ2) is 3.72. The van der Waals surface area contributed by atoms with Crippen molar-refractivity contribution in [1.29, 1.82) is 5.26 Å². The molecule has 2 rings (SSSR count). The van der Waals surface area contributed by atoms with Crippen LogP contribution in [-0.2, 0) is 0 Å². The molecule has 1 N–H and O–H groups in total. The summed E-state index contributed by atoms with van der Waals surface area (Å²) in [6.45, 7) is 1.61. The summed E-state index contributed by atoms with van der Waals surface area (Å²) in [4.78, 5) is 24.8. The number of nitro groups is 1. The van der Waals surface area contributed by atoms with Gasteiger partial charge in [0, 0.05) is 17.8 Å². The first-order valence-electron chi connectivity index (χ1n) is 4.75. The Hall–Kier alpha value is -2.68. The van der Waals surface area contributed by atoms with Gasteiger partial charge in [-0.3, -0.25) is 14.9 Å². The number of fused-ring (bicyclic) bond motifs is 1. The maximum atomic E-state index is 11.9. The number of aryl methyl sites for hydroxylation is 1. The predicted octanol–water partition coefficient (Wildman–Crippen LogP) is 1.62. The van der Waals surface area contributed by atoms with Crippen LogP contribution in [0.1, 0.15) is 11.3 Å². The largest absolute Gasteiger partial charge is 0.357 e. The molecule has 0 unspecified atom stereocenters. The lowest BCUT2D eigenvalue weighted by Gasteiger charge is -2.02. The Morgan fingerprint density at radius 1 is 1.47 bits per heavy atom. The minimum Gasteiger partial charge on any atom is -0.357 e. The average Bonchev–Trinajstić information content (AvgIpc) is 2.29. The first kappa shape index (κ1) is 10.8. The van der Waals surface area contributed by atoms with E-state index >= 15 is 0 Å². The third kappa shape index (κ3) is 1.63. The number of aromatic nitrogens is 1. The monoisotopic (exact) mass is 229 g/mol. The van der Waals surface area contributed by atoms with Gasteiger partial charge in [-0.2, -0.15) is 5.26 Å². The lowest BCUT2D eigenvalue weighted by molar-refractivity contribution is -0.384. The Kier molecular flexibility index (Phi) is 2.37. The molecule has 0 saturated heterocycles. The van der Waals surface area contributed by atoms with E-state index in [0.29, 0.717) is 11.2 Å². The number of benzene rings is 1. The number of nitriles is 1. The van der Waals surface area contributed by atoms with Crippen molar-refractivity contribution in [3.8, 4) is 6.07 Å². The molecule has 0 radical (unpaired) electrons. The molecular formula is C11H7N3O3. The van der Waals surface area contributed by atoms with E-state index in [0.717, 1.165) is 0 Å². The summed E-state index contributed by atoms with van der Waals surface area (Å²) < 4.78 is 0. The van der Waals surface area contributed by atoms with Crippen LogP contribution in [0.25, 0.3) is 10.9 Å². The van der Waals surface area contributed by atoms with Crippen LogP contribution >= 0.6 is 0 Å². The Morgan fingerprint density at radius 2 is 2.18 bits per heavy atom. The van der Waals surface area contributed by atoms with Crippen molar-refractivity contribution in [1.82, 2.24) is 4.98 Å². The molecule has 0 fully saturated rings. The molecule has 6 heteroatoms. The normalized spacial score (nSPS) is 10.1. The summed E-state index contributed by atoms with van der Waals surface area (Å²) in [6.07, 6.45) is 0. The first-order valence-corrected chi connectivity index (χ1v) is 4.75. The summed E-state index contributed by atoms with van der Waals surface area (Å²) in [5.41, 5.74) is 0.271. The standard InChI is InChI=1S/C11H7N3O3/c1-6-9(5-12)11(15)8-4-7(14(16)17)2-3-10(8)13-6/h2-4H,1H3,(H,13,15). The van der Waals surface area contributed by atoms with E-state index in [1.54, 1.807) is 13.0 Å². The number of hydrogen-bond acceptors (Lipinski definition) is 4. The van der Waals surface area contributed by atoms with Crippen LogP contribution in [0.2, 0.25) is 0 Å². The molecule has 17 heavy (non-hydrogen) atoms. The minimum absolute atomic E-state index is 0.0157. The number of pyridine rings is 1. The van der Waals surface area contributed by atoms with E-state index in [9.17, 15) is 14.9 Å². The van der Waals surface area contributed by atoms with Gasteiger partial charge in [-0.15, -0.1) is 0 Å². The van der Waals surface area contributed by atoms with E-state index in [2.05, 4.69) is 4.98 Å². The summed E-state index contributed by atoms with van der Waals surface area (Å²) >= 11 is 0. The predicted molar refractivity (Wildman–Crippen MR) is 60.7 cm³/mol. The topological polar surface area (TPSA) is 99.8 Å². The highest BCUT2D eigenvalue weighted by Crippen LogP contribution is 2.18. The van der Waals surface area contributed by atoms with Gasteiger partial charge < -0.3 is 4.98 Å². The number of hydrogen-bond donors (Lipinski definition) is 1. The van der Waals surface area contributed by atoms with Crippen LogP contribution in [0.4, 0.5) is 5.69 Å². The van der Waals surface area contributed by atoms with Gasteiger partial charge in [-0.1, -0.05) is 0 Å². The Labute approximate surface area is 95.3 Å². The highest BCUT2D eigenvalue weighted by atomic mass is 16.6. The smallest absolute Gasteiger partial charge is 0.270 e. The number of nitrogens with zero attached hydrogens (tertiary/aromatic N) is 2. The number of nitrogens with one attached hydrogen (secondary N) is 1. The van der Waals surface area contributed by atoms with Crippen molar-refractivity contribution >= 4 is 16.6 Å². The molecule has 1 aromatic carbocycles. The van der Waals surface area contributed by atoms with E-state index in [-0.39, 0.29) is 16.6 Å². The molecule has 0 bridgehead atoms. The number of non-ortho nitro benzene ring substituents is 1. The molecule has 6 nitrogen and oxygen atoms in total. The van der Waals surface area contributed by atoms with Crippen molar-refractivity contribution in [2.24, 2.45) is 0 Å². The summed E-state index contributed by atoms with van der Waals surface area (Å²) in [5.74, 6) is 0. The molecule has 1 heterocycles. The summed E-state index contributed by atoms with van der Waals surface area (Å²) in [7, 11) is 0. The second-order valence-corrected chi connectivity index (χ2v) is 3.55. The first-order chi connectivity index (χ1) is 8.04. The number of rotatable bonds is 1. The molecule has 0 aliphatic heterocycles. The van der Waals surface area contributed by atoms with Gasteiger partial charge in [0.1, 0.15) is 11.6 Å². The van der Waals surface area contributed by atoms with Crippen LogP contribution in [0, 0.1) is 28.4 Å². The Bertz CT molecular complexity index is 725. The van der Waals surface area contributed by atoms with Gasteiger partial charge in [-0.05, 0) is 13.0 Å². The fourth-order valence-corrected chi connectivity index (χ4v) is 1.65. The Balaban J connectivity index is 2.91. The second-order valence-electron chi connectivity index (χ2n) is 3.55.